The summed E-state index contributed by atoms with van der Waals surface area (Å²) in [7, 11) is 0. The van der Waals surface area contributed by atoms with E-state index in [1.165, 1.54) is 12.1 Å². The lowest BCUT2D eigenvalue weighted by Gasteiger charge is -2.24. The number of carbonyl (C=O) groups is 1. The van der Waals surface area contributed by atoms with Gasteiger partial charge in [0.2, 0.25) is 0 Å². The van der Waals surface area contributed by atoms with Crippen LogP contribution in [0.1, 0.15) is 24.1 Å². The van der Waals surface area contributed by atoms with Gasteiger partial charge < -0.3 is 9.64 Å². The van der Waals surface area contributed by atoms with Crippen molar-refractivity contribution in [3.63, 3.8) is 0 Å². The molecule has 1 aliphatic heterocycles. The largest absolute Gasteiger partial charge is 0.463 e. The molecule has 26 heavy (non-hydrogen) atoms. The number of aromatic nitrogens is 2. The van der Waals surface area contributed by atoms with Crippen LogP contribution in [-0.2, 0) is 16.0 Å². The number of ether oxygens (including phenoxy) is 1. The van der Waals surface area contributed by atoms with E-state index >= 15 is 0 Å². The molecule has 0 aliphatic carbocycles. The summed E-state index contributed by atoms with van der Waals surface area (Å²) in [6.45, 7) is 3.00. The van der Waals surface area contributed by atoms with Gasteiger partial charge in [-0.05, 0) is 37.5 Å². The van der Waals surface area contributed by atoms with Gasteiger partial charge in [-0.1, -0.05) is 12.1 Å². The molecule has 8 heteroatoms. The van der Waals surface area contributed by atoms with Crippen molar-refractivity contribution in [3.05, 3.63) is 57.8 Å². The van der Waals surface area contributed by atoms with Crippen LogP contribution in [0.15, 0.2) is 36.4 Å². The molecule has 0 spiro atoms. The number of rotatable bonds is 6. The number of non-ortho nitro benzene ring substituents is 1. The number of nitro groups is 1. The Morgan fingerprint density at radius 1 is 1.35 bits per heavy atom. The summed E-state index contributed by atoms with van der Waals surface area (Å²) < 4.78 is 5.41. The summed E-state index contributed by atoms with van der Waals surface area (Å²) in [4.78, 5) is 24.5. The number of nitro benzene ring substituents is 1. The molecule has 1 aromatic carbocycles. The van der Waals surface area contributed by atoms with Gasteiger partial charge in [0.25, 0.3) is 5.69 Å². The van der Waals surface area contributed by atoms with Gasteiger partial charge in [0.1, 0.15) is 6.61 Å². The van der Waals surface area contributed by atoms with E-state index in [-0.39, 0.29) is 24.8 Å². The van der Waals surface area contributed by atoms with E-state index in [0.29, 0.717) is 5.56 Å². The van der Waals surface area contributed by atoms with E-state index in [1.807, 2.05) is 19.1 Å². The van der Waals surface area contributed by atoms with E-state index < -0.39 is 10.9 Å². The van der Waals surface area contributed by atoms with E-state index in [4.69, 9.17) is 4.74 Å². The molecule has 1 aromatic heterocycles. The van der Waals surface area contributed by atoms with E-state index in [0.717, 1.165) is 30.9 Å². The number of hydrogen-bond donors (Lipinski definition) is 0. The highest BCUT2D eigenvalue weighted by Crippen LogP contribution is 2.23. The lowest BCUT2D eigenvalue weighted by Crippen LogP contribution is -2.34. The van der Waals surface area contributed by atoms with Crippen LogP contribution in [0.5, 0.6) is 0 Å². The predicted octanol–water partition coefficient (Wildman–Crippen LogP) is 2.45. The average Bonchev–Trinajstić information content (AvgIpc) is 3.09. The summed E-state index contributed by atoms with van der Waals surface area (Å²) in [6, 6.07) is 9.94. The van der Waals surface area contributed by atoms with Gasteiger partial charge in [-0.2, -0.15) is 5.10 Å². The maximum atomic E-state index is 12.1. The third kappa shape index (κ3) is 4.33. The molecule has 8 nitrogen and oxygen atoms in total. The highest BCUT2D eigenvalue weighted by Gasteiger charge is 2.27. The Hall–Kier alpha value is -3.03. The molecule has 0 unspecified atom stereocenters. The first-order valence-electron chi connectivity index (χ1n) is 8.49. The first-order valence-corrected chi connectivity index (χ1v) is 8.49. The summed E-state index contributed by atoms with van der Waals surface area (Å²) in [6.07, 6.45) is 1.93. The minimum atomic E-state index is -0.478. The number of aryl methyl sites for hydroxylation is 1. The number of carbonyl (C=O) groups excluding carboxylic acids is 1. The van der Waals surface area contributed by atoms with E-state index in [9.17, 15) is 14.9 Å². The summed E-state index contributed by atoms with van der Waals surface area (Å²) in [5.74, 6) is 0.389. The standard InChI is InChI=1S/C18H20N4O4/c1-13-7-8-17(20-19-13)21-9-3-6-16(21)12-26-18(23)11-14-4-2-5-15(10-14)22(24)25/h2,4-5,7-8,10,16H,3,6,9,11-12H2,1H3/t16-/m0/s1. The van der Waals surface area contributed by atoms with Crippen molar-refractivity contribution < 1.29 is 14.5 Å². The van der Waals surface area contributed by atoms with Gasteiger partial charge in [-0.25, -0.2) is 0 Å². The van der Waals surface area contributed by atoms with Gasteiger partial charge in [0.15, 0.2) is 5.82 Å². The average molecular weight is 356 g/mol. The van der Waals surface area contributed by atoms with Crippen molar-refractivity contribution in [1.82, 2.24) is 10.2 Å². The van der Waals surface area contributed by atoms with Gasteiger partial charge in [-0.15, -0.1) is 5.10 Å². The van der Waals surface area contributed by atoms with Crippen LogP contribution in [0.4, 0.5) is 11.5 Å². The molecule has 2 heterocycles. The fourth-order valence-corrected chi connectivity index (χ4v) is 3.04. The van der Waals surface area contributed by atoms with Crippen LogP contribution in [-0.4, -0.2) is 40.3 Å². The zero-order chi connectivity index (χ0) is 18.5. The lowest BCUT2D eigenvalue weighted by molar-refractivity contribution is -0.384. The minimum Gasteiger partial charge on any atom is -0.463 e. The molecule has 0 radical (unpaired) electrons. The molecule has 2 aromatic rings. The molecule has 1 atom stereocenters. The number of hydrogen-bond acceptors (Lipinski definition) is 7. The lowest BCUT2D eigenvalue weighted by atomic mass is 10.1. The Bertz CT molecular complexity index is 794. The normalized spacial score (nSPS) is 16.5. The number of anilines is 1. The van der Waals surface area contributed by atoms with Gasteiger partial charge in [0, 0.05) is 18.7 Å². The first kappa shape index (κ1) is 17.8. The molecule has 0 saturated carbocycles. The third-order valence-electron chi connectivity index (χ3n) is 4.36. The topological polar surface area (TPSA) is 98.5 Å². The molecule has 136 valence electrons. The maximum absolute atomic E-state index is 12.1. The van der Waals surface area contributed by atoms with Crippen LogP contribution in [0.25, 0.3) is 0 Å². The monoisotopic (exact) mass is 356 g/mol. The van der Waals surface area contributed by atoms with Crippen LogP contribution in [0.3, 0.4) is 0 Å². The fraction of sp³-hybridized carbons (Fsp3) is 0.389. The van der Waals surface area contributed by atoms with Crippen molar-refractivity contribution in [2.45, 2.75) is 32.2 Å². The minimum absolute atomic E-state index is 0.0126. The summed E-state index contributed by atoms with van der Waals surface area (Å²) in [5, 5.41) is 19.1. The maximum Gasteiger partial charge on any atom is 0.310 e. The second kappa shape index (κ2) is 7.90. The molecule has 0 N–H and O–H groups in total. The van der Waals surface area contributed by atoms with Crippen molar-refractivity contribution in [2.75, 3.05) is 18.1 Å². The molecule has 0 bridgehead atoms. The van der Waals surface area contributed by atoms with Crippen LogP contribution < -0.4 is 4.90 Å². The predicted molar refractivity (Wildman–Crippen MR) is 94.9 cm³/mol. The van der Waals surface area contributed by atoms with Gasteiger partial charge in [-0.3, -0.25) is 14.9 Å². The van der Waals surface area contributed by atoms with Gasteiger partial charge >= 0.3 is 5.97 Å². The third-order valence-corrected chi connectivity index (χ3v) is 4.36. The Morgan fingerprint density at radius 3 is 2.92 bits per heavy atom. The van der Waals surface area contributed by atoms with Crippen LogP contribution >= 0.6 is 0 Å². The molecule has 1 saturated heterocycles. The molecule has 0 amide bonds. The summed E-state index contributed by atoms with van der Waals surface area (Å²) in [5.41, 5.74) is 1.39. The zero-order valence-electron chi connectivity index (χ0n) is 14.5. The zero-order valence-corrected chi connectivity index (χ0v) is 14.5. The number of nitrogens with zero attached hydrogens (tertiary/aromatic N) is 4. The second-order valence-corrected chi connectivity index (χ2v) is 6.31. The van der Waals surface area contributed by atoms with E-state index in [2.05, 4.69) is 15.1 Å². The Balaban J connectivity index is 1.56. The fourth-order valence-electron chi connectivity index (χ4n) is 3.04. The molecular weight excluding hydrogens is 336 g/mol. The van der Waals surface area contributed by atoms with Crippen molar-refractivity contribution in [1.29, 1.82) is 0 Å². The second-order valence-electron chi connectivity index (χ2n) is 6.31. The van der Waals surface area contributed by atoms with Crippen LogP contribution in [0, 0.1) is 17.0 Å². The smallest absolute Gasteiger partial charge is 0.310 e. The molecule has 1 aliphatic rings. The highest BCUT2D eigenvalue weighted by molar-refractivity contribution is 5.73. The quantitative estimate of drug-likeness (QED) is 0.445. The molecule has 3 rings (SSSR count). The molecule has 1 fully saturated rings. The molecular formula is C18H20N4O4. The number of esters is 1. The van der Waals surface area contributed by atoms with Crippen molar-refractivity contribution >= 4 is 17.5 Å². The first-order chi connectivity index (χ1) is 12.5. The SMILES string of the molecule is Cc1ccc(N2CCC[C@H]2COC(=O)Cc2cccc([N+](=O)[O-])c2)nn1. The van der Waals surface area contributed by atoms with E-state index in [1.54, 1.807) is 12.1 Å². The Kier molecular flexibility index (Phi) is 5.40. The van der Waals surface area contributed by atoms with Crippen molar-refractivity contribution in [3.8, 4) is 0 Å². The highest BCUT2D eigenvalue weighted by atomic mass is 16.6. The van der Waals surface area contributed by atoms with Crippen molar-refractivity contribution in [2.24, 2.45) is 0 Å². The summed E-state index contributed by atoms with van der Waals surface area (Å²) >= 11 is 0. The van der Waals surface area contributed by atoms with Crippen LogP contribution in [0.2, 0.25) is 0 Å². The van der Waals surface area contributed by atoms with Gasteiger partial charge in [0.05, 0.1) is 23.1 Å². The number of benzene rings is 1. The Labute approximate surface area is 150 Å². The Morgan fingerprint density at radius 2 is 2.19 bits per heavy atom.